The molecule has 54 heavy (non-hydrogen) atoms. The highest BCUT2D eigenvalue weighted by Gasteiger charge is 2.42. The van der Waals surface area contributed by atoms with Crippen molar-refractivity contribution in [1.29, 1.82) is 0 Å². The Balaban J connectivity index is 1.87. The van der Waals surface area contributed by atoms with Crippen molar-refractivity contribution in [2.45, 2.75) is 102 Å². The number of likely N-dealkylation sites (N-methyl/N-ethyl adjacent to an activating group) is 1. The maximum Gasteiger partial charge on any atom is 0.246 e. The molecule has 2 aromatic carbocycles. The Morgan fingerprint density at radius 2 is 1.44 bits per heavy atom. The summed E-state index contributed by atoms with van der Waals surface area (Å²) in [5.74, 6) is -2.12. The van der Waals surface area contributed by atoms with Crippen LogP contribution in [0.4, 0.5) is 0 Å². The summed E-state index contributed by atoms with van der Waals surface area (Å²) in [6.07, 6.45) is 5.36. The normalized spacial score (nSPS) is 16.2. The van der Waals surface area contributed by atoms with Gasteiger partial charge in [-0.1, -0.05) is 74.5 Å². The zero-order valence-corrected chi connectivity index (χ0v) is 32.9. The maximum absolute atomic E-state index is 14.5. The second kappa shape index (κ2) is 22.7. The predicted octanol–water partition coefficient (Wildman–Crippen LogP) is 2.16. The maximum atomic E-state index is 14.5. The molecular weight excluding hydrogens is 707 g/mol. The third kappa shape index (κ3) is 13.8. The van der Waals surface area contributed by atoms with Crippen molar-refractivity contribution >= 4 is 47.2 Å². The number of primary amides is 1. The number of benzene rings is 2. The number of thioether (sulfide) groups is 1. The molecule has 14 heteroatoms. The summed E-state index contributed by atoms with van der Waals surface area (Å²) in [6, 6.07) is 13.9. The van der Waals surface area contributed by atoms with E-state index in [0.29, 0.717) is 50.8 Å². The Kier molecular flexibility index (Phi) is 18.5. The van der Waals surface area contributed by atoms with E-state index in [9.17, 15) is 28.8 Å². The van der Waals surface area contributed by atoms with Gasteiger partial charge in [0, 0.05) is 32.9 Å². The van der Waals surface area contributed by atoms with Gasteiger partial charge in [-0.05, 0) is 74.1 Å². The molecule has 296 valence electrons. The standard InChI is InChI=1S/C40H59N7O6S/c1-27(2)24-34(38(51)44-30(36(42)49)20-23-54-4)46(3)40(53)33-18-13-22-47(33)39(52)32(26-29-16-9-6-10-17-29)45-37(50)31(25-28-14-7-5-8-15-28)43-35(48)19-11-12-21-41/h5-10,14-17,27,30-34H,11-13,18-26,41H2,1-4H3,(H2,42,49)(H,43,48)(H,44,51)(H,45,50)/t30-,31+,32-,33-,34-/m0/s1. The summed E-state index contributed by atoms with van der Waals surface area (Å²) < 4.78 is 0. The van der Waals surface area contributed by atoms with E-state index >= 15 is 0 Å². The largest absolute Gasteiger partial charge is 0.368 e. The van der Waals surface area contributed by atoms with Crippen LogP contribution >= 0.6 is 11.8 Å². The fourth-order valence-corrected chi connectivity index (χ4v) is 7.10. The number of nitrogens with one attached hydrogen (secondary N) is 3. The number of hydrogen-bond acceptors (Lipinski definition) is 8. The van der Waals surface area contributed by atoms with Crippen LogP contribution in [0, 0.1) is 5.92 Å². The van der Waals surface area contributed by atoms with E-state index in [1.807, 2.05) is 80.8 Å². The van der Waals surface area contributed by atoms with Gasteiger partial charge in [-0.2, -0.15) is 11.8 Å². The fraction of sp³-hybridized carbons (Fsp3) is 0.550. The number of likely N-dealkylation sites (tertiary alicyclic amines) is 1. The molecular formula is C40H59N7O6S. The summed E-state index contributed by atoms with van der Waals surface area (Å²) in [7, 11) is 1.55. The highest BCUT2D eigenvalue weighted by atomic mass is 32.2. The zero-order valence-electron chi connectivity index (χ0n) is 32.1. The van der Waals surface area contributed by atoms with Crippen LogP contribution in [0.25, 0.3) is 0 Å². The molecule has 7 N–H and O–H groups in total. The molecule has 0 bridgehead atoms. The fourth-order valence-electron chi connectivity index (χ4n) is 6.63. The number of amides is 6. The summed E-state index contributed by atoms with van der Waals surface area (Å²) >= 11 is 1.53. The number of nitrogens with two attached hydrogens (primary N) is 2. The SMILES string of the molecule is CSCC[C@H](NC(=O)[C@H](CC(C)C)N(C)C(=O)[C@@H]1CCCN1C(=O)[C@H](Cc1ccccc1)NC(=O)[C@@H](Cc1ccccc1)NC(=O)CCCCN)C(N)=O. The molecule has 0 radical (unpaired) electrons. The van der Waals surface area contributed by atoms with Crippen LogP contribution in [0.1, 0.15) is 69.9 Å². The first kappa shape index (κ1) is 44.0. The van der Waals surface area contributed by atoms with E-state index in [0.717, 1.165) is 11.1 Å². The second-order valence-corrected chi connectivity index (χ2v) is 15.3. The lowest BCUT2D eigenvalue weighted by Crippen LogP contribution is -2.59. The first-order valence-electron chi connectivity index (χ1n) is 18.9. The highest BCUT2D eigenvalue weighted by Crippen LogP contribution is 2.24. The van der Waals surface area contributed by atoms with E-state index in [1.54, 1.807) is 7.05 Å². The van der Waals surface area contributed by atoms with Gasteiger partial charge in [-0.15, -0.1) is 0 Å². The minimum Gasteiger partial charge on any atom is -0.368 e. The van der Waals surface area contributed by atoms with Crippen molar-refractivity contribution < 1.29 is 28.8 Å². The van der Waals surface area contributed by atoms with Gasteiger partial charge in [0.1, 0.15) is 30.2 Å². The first-order valence-corrected chi connectivity index (χ1v) is 20.3. The predicted molar refractivity (Wildman–Crippen MR) is 212 cm³/mol. The zero-order chi connectivity index (χ0) is 39.6. The number of rotatable bonds is 22. The lowest BCUT2D eigenvalue weighted by atomic mass is 9.99. The Morgan fingerprint density at radius 1 is 0.852 bits per heavy atom. The van der Waals surface area contributed by atoms with Crippen molar-refractivity contribution in [2.24, 2.45) is 17.4 Å². The molecule has 0 spiro atoms. The monoisotopic (exact) mass is 765 g/mol. The molecule has 0 aromatic heterocycles. The Hall–Kier alpha value is -4.43. The van der Waals surface area contributed by atoms with Gasteiger partial charge in [-0.25, -0.2) is 0 Å². The van der Waals surface area contributed by atoms with Crippen molar-refractivity contribution in [3.8, 4) is 0 Å². The second-order valence-electron chi connectivity index (χ2n) is 14.3. The van der Waals surface area contributed by atoms with Crippen molar-refractivity contribution in [2.75, 3.05) is 32.1 Å². The number of nitrogens with zero attached hydrogens (tertiary/aromatic N) is 2. The van der Waals surface area contributed by atoms with Crippen LogP contribution in [-0.4, -0.2) is 108 Å². The molecule has 1 saturated heterocycles. The van der Waals surface area contributed by atoms with Crippen LogP contribution in [0.15, 0.2) is 60.7 Å². The molecule has 3 rings (SSSR count). The summed E-state index contributed by atoms with van der Waals surface area (Å²) in [5.41, 5.74) is 12.8. The lowest BCUT2D eigenvalue weighted by molar-refractivity contribution is -0.148. The van der Waals surface area contributed by atoms with Crippen molar-refractivity contribution in [3.05, 3.63) is 71.8 Å². The number of carbonyl (C=O) groups excluding carboxylic acids is 6. The quantitative estimate of drug-likeness (QED) is 0.112. The van der Waals surface area contributed by atoms with E-state index in [-0.39, 0.29) is 37.6 Å². The van der Waals surface area contributed by atoms with Gasteiger partial charge in [0.15, 0.2) is 0 Å². The minimum atomic E-state index is -1.05. The molecule has 0 unspecified atom stereocenters. The van der Waals surface area contributed by atoms with Gasteiger partial charge in [0.25, 0.3) is 0 Å². The Labute approximate surface area is 324 Å². The molecule has 1 aliphatic heterocycles. The highest BCUT2D eigenvalue weighted by molar-refractivity contribution is 7.98. The summed E-state index contributed by atoms with van der Waals surface area (Å²) in [5, 5.41) is 8.56. The van der Waals surface area contributed by atoms with Gasteiger partial charge in [0.05, 0.1) is 0 Å². The first-order chi connectivity index (χ1) is 25.9. The number of carbonyl (C=O) groups is 6. The van der Waals surface area contributed by atoms with Crippen LogP contribution in [0.3, 0.4) is 0 Å². The van der Waals surface area contributed by atoms with Crippen molar-refractivity contribution in [3.63, 3.8) is 0 Å². The third-order valence-corrected chi connectivity index (χ3v) is 10.2. The summed E-state index contributed by atoms with van der Waals surface area (Å²) in [6.45, 7) is 4.62. The third-order valence-electron chi connectivity index (χ3n) is 9.59. The molecule has 0 saturated carbocycles. The van der Waals surface area contributed by atoms with Gasteiger partial charge >= 0.3 is 0 Å². The number of unbranched alkanes of at least 4 members (excludes halogenated alkanes) is 1. The molecule has 0 aliphatic carbocycles. The molecule has 2 aromatic rings. The Morgan fingerprint density at radius 3 is 2.00 bits per heavy atom. The average molecular weight is 766 g/mol. The molecule has 1 aliphatic rings. The van der Waals surface area contributed by atoms with E-state index in [4.69, 9.17) is 11.5 Å². The molecule has 1 heterocycles. The molecule has 5 atom stereocenters. The van der Waals surface area contributed by atoms with Crippen LogP contribution < -0.4 is 27.4 Å². The topological polar surface area (TPSA) is 197 Å². The Bertz CT molecular complexity index is 1530. The molecule has 6 amide bonds. The number of hydrogen-bond donors (Lipinski definition) is 5. The smallest absolute Gasteiger partial charge is 0.246 e. The minimum absolute atomic E-state index is 0.0333. The average Bonchev–Trinajstić information content (AvgIpc) is 3.65. The van der Waals surface area contributed by atoms with Gasteiger partial charge < -0.3 is 37.2 Å². The van der Waals surface area contributed by atoms with E-state index in [1.165, 1.54) is 21.6 Å². The van der Waals surface area contributed by atoms with Gasteiger partial charge in [0.2, 0.25) is 35.4 Å². The van der Waals surface area contributed by atoms with Crippen LogP contribution in [-0.2, 0) is 41.6 Å². The van der Waals surface area contributed by atoms with Crippen LogP contribution in [0.5, 0.6) is 0 Å². The lowest BCUT2D eigenvalue weighted by Gasteiger charge is -2.35. The van der Waals surface area contributed by atoms with Crippen LogP contribution in [0.2, 0.25) is 0 Å². The van der Waals surface area contributed by atoms with Gasteiger partial charge in [-0.3, -0.25) is 28.8 Å². The molecule has 1 fully saturated rings. The molecule has 13 nitrogen and oxygen atoms in total. The van der Waals surface area contributed by atoms with Crippen molar-refractivity contribution in [1.82, 2.24) is 25.8 Å². The van der Waals surface area contributed by atoms with E-state index in [2.05, 4.69) is 16.0 Å². The van der Waals surface area contributed by atoms with E-state index < -0.39 is 59.7 Å². The summed E-state index contributed by atoms with van der Waals surface area (Å²) in [4.78, 5) is 84.4.